The monoisotopic (exact) mass is 479 g/mol. The molecule has 0 unspecified atom stereocenters. The average Bonchev–Trinajstić information content (AvgIpc) is 3.53. The quantitative estimate of drug-likeness (QED) is 0.435. The molecule has 1 amide bonds. The lowest BCUT2D eigenvalue weighted by Crippen LogP contribution is -2.41. The largest absolute Gasteiger partial charge is 0.381 e. The fourth-order valence-corrected chi connectivity index (χ4v) is 6.89. The Kier molecular flexibility index (Phi) is 8.11. The molecule has 0 bridgehead atoms. The lowest BCUT2D eigenvalue weighted by atomic mass is 9.82. The number of amides is 1. The maximum atomic E-state index is 13.4. The van der Waals surface area contributed by atoms with E-state index < -0.39 is 0 Å². The lowest BCUT2D eigenvalue weighted by Gasteiger charge is -2.34. The highest BCUT2D eigenvalue weighted by Crippen LogP contribution is 2.37. The lowest BCUT2D eigenvalue weighted by molar-refractivity contribution is -0.134. The van der Waals surface area contributed by atoms with Crippen LogP contribution in [0.1, 0.15) is 102 Å². The van der Waals surface area contributed by atoms with Crippen molar-refractivity contribution in [2.24, 2.45) is 11.8 Å². The van der Waals surface area contributed by atoms with Gasteiger partial charge in [0.15, 0.2) is 0 Å². The molecule has 35 heavy (non-hydrogen) atoms. The Morgan fingerprint density at radius 1 is 1.09 bits per heavy atom. The number of ether oxygens (including phenoxy) is 1. The van der Waals surface area contributed by atoms with Crippen molar-refractivity contribution in [3.8, 4) is 0 Å². The molecule has 192 valence electrons. The van der Waals surface area contributed by atoms with E-state index >= 15 is 0 Å². The topological polar surface area (TPSA) is 47.4 Å². The van der Waals surface area contributed by atoms with Gasteiger partial charge < -0.3 is 14.2 Å². The molecule has 2 aliphatic carbocycles. The number of hydrogen-bond acceptors (Lipinski definition) is 3. The molecule has 5 nitrogen and oxygen atoms in total. The van der Waals surface area contributed by atoms with Crippen LogP contribution in [0.15, 0.2) is 18.2 Å². The van der Waals surface area contributed by atoms with E-state index in [0.29, 0.717) is 30.2 Å². The van der Waals surface area contributed by atoms with Crippen molar-refractivity contribution in [1.29, 1.82) is 0 Å². The molecule has 0 radical (unpaired) electrons. The van der Waals surface area contributed by atoms with E-state index in [0.717, 1.165) is 45.1 Å². The maximum Gasteiger partial charge on any atom is 0.224 e. The summed E-state index contributed by atoms with van der Waals surface area (Å²) in [6.07, 6.45) is 14.0. The van der Waals surface area contributed by atoms with Gasteiger partial charge in [0, 0.05) is 44.7 Å². The van der Waals surface area contributed by atoms with Crippen LogP contribution in [0.2, 0.25) is 0 Å². The molecule has 1 aliphatic heterocycles. The Bertz CT molecular complexity index is 979. The van der Waals surface area contributed by atoms with Gasteiger partial charge in [0.1, 0.15) is 5.82 Å². The average molecular weight is 480 g/mol. The van der Waals surface area contributed by atoms with E-state index in [9.17, 15) is 4.79 Å². The fourth-order valence-electron chi connectivity index (χ4n) is 6.89. The van der Waals surface area contributed by atoms with Gasteiger partial charge in [-0.25, -0.2) is 4.98 Å². The zero-order valence-corrected chi connectivity index (χ0v) is 22.0. The van der Waals surface area contributed by atoms with E-state index in [4.69, 9.17) is 9.72 Å². The standard InChI is InChI=1S/C30H45N3O2/c1-3-32(26-9-5-4-6-10-26)28(34)16-18-33-27-11-7-8-25(20-23-17-19-35-21-23)29(27)31-30(33)24-14-12-22(2)13-15-24/h7-8,11,22-24,26H,3-6,9-10,12-21H2,1-2H3/t22?,23-,24?/m1/s1. The summed E-state index contributed by atoms with van der Waals surface area (Å²) in [6, 6.07) is 7.13. The third-order valence-electron chi connectivity index (χ3n) is 9.03. The Balaban J connectivity index is 1.40. The van der Waals surface area contributed by atoms with Crippen molar-refractivity contribution in [3.05, 3.63) is 29.6 Å². The van der Waals surface area contributed by atoms with Crippen LogP contribution in [0.3, 0.4) is 0 Å². The van der Waals surface area contributed by atoms with E-state index in [2.05, 4.69) is 41.5 Å². The minimum absolute atomic E-state index is 0.323. The molecule has 2 heterocycles. The predicted octanol–water partition coefficient (Wildman–Crippen LogP) is 6.48. The molecule has 1 saturated heterocycles. The van der Waals surface area contributed by atoms with Gasteiger partial charge in [0.05, 0.1) is 11.0 Å². The third kappa shape index (κ3) is 5.60. The summed E-state index contributed by atoms with van der Waals surface area (Å²) < 4.78 is 8.08. The predicted molar refractivity (Wildman–Crippen MR) is 142 cm³/mol. The van der Waals surface area contributed by atoms with Crippen molar-refractivity contribution in [2.45, 2.75) is 109 Å². The number of carbonyl (C=O) groups is 1. The first-order chi connectivity index (χ1) is 17.1. The van der Waals surface area contributed by atoms with Gasteiger partial charge in [-0.2, -0.15) is 0 Å². The molecule has 3 fully saturated rings. The number of benzene rings is 1. The first-order valence-electron chi connectivity index (χ1n) is 14.5. The van der Waals surface area contributed by atoms with Crippen molar-refractivity contribution in [1.82, 2.24) is 14.5 Å². The second kappa shape index (κ2) is 11.5. The van der Waals surface area contributed by atoms with Crippen LogP contribution >= 0.6 is 0 Å². The van der Waals surface area contributed by atoms with E-state index in [-0.39, 0.29) is 0 Å². The number of aryl methyl sites for hydroxylation is 1. The SMILES string of the molecule is CCN(C(=O)CCn1c(C2CCC(C)CC2)nc2c(C[C@H]3CCOC3)cccc21)C1CCCCC1. The van der Waals surface area contributed by atoms with Gasteiger partial charge in [-0.05, 0) is 68.9 Å². The fraction of sp³-hybridized carbons (Fsp3) is 0.733. The summed E-state index contributed by atoms with van der Waals surface area (Å²) in [6.45, 7) is 7.85. The number of hydrogen-bond donors (Lipinski definition) is 0. The van der Waals surface area contributed by atoms with Crippen LogP contribution in [0.5, 0.6) is 0 Å². The Morgan fingerprint density at radius 2 is 1.89 bits per heavy atom. The Morgan fingerprint density at radius 3 is 2.60 bits per heavy atom. The van der Waals surface area contributed by atoms with Gasteiger partial charge in [-0.15, -0.1) is 0 Å². The van der Waals surface area contributed by atoms with Crippen molar-refractivity contribution in [3.63, 3.8) is 0 Å². The third-order valence-corrected chi connectivity index (χ3v) is 9.03. The first kappa shape index (κ1) is 24.8. The van der Waals surface area contributed by atoms with E-state index in [1.54, 1.807) is 0 Å². The summed E-state index contributed by atoms with van der Waals surface area (Å²) in [7, 11) is 0. The molecule has 1 aromatic carbocycles. The van der Waals surface area contributed by atoms with Crippen molar-refractivity contribution < 1.29 is 9.53 Å². The molecule has 2 saturated carbocycles. The molecular weight excluding hydrogens is 434 g/mol. The number of imidazole rings is 1. The van der Waals surface area contributed by atoms with E-state index in [1.807, 2.05) is 0 Å². The van der Waals surface area contributed by atoms with Gasteiger partial charge >= 0.3 is 0 Å². The summed E-state index contributed by atoms with van der Waals surface area (Å²) in [5.41, 5.74) is 3.74. The molecule has 1 atom stereocenters. The van der Waals surface area contributed by atoms with Gasteiger partial charge in [-0.1, -0.05) is 51.2 Å². The highest BCUT2D eigenvalue weighted by Gasteiger charge is 2.28. The molecule has 1 aromatic heterocycles. The summed E-state index contributed by atoms with van der Waals surface area (Å²) in [4.78, 5) is 20.9. The highest BCUT2D eigenvalue weighted by molar-refractivity contribution is 5.81. The number of aromatic nitrogens is 2. The van der Waals surface area contributed by atoms with E-state index in [1.165, 1.54) is 80.2 Å². The Labute approximate surface area is 211 Å². The van der Waals surface area contributed by atoms with Crippen LogP contribution in [-0.2, 0) is 22.5 Å². The number of para-hydroxylation sites is 1. The molecular formula is C30H45N3O2. The van der Waals surface area contributed by atoms with Crippen LogP contribution < -0.4 is 0 Å². The molecule has 3 aliphatic rings. The zero-order valence-electron chi connectivity index (χ0n) is 22.0. The Hall–Kier alpha value is -1.88. The second-order valence-corrected chi connectivity index (χ2v) is 11.5. The van der Waals surface area contributed by atoms with Crippen molar-refractivity contribution in [2.75, 3.05) is 19.8 Å². The number of rotatable bonds is 8. The molecule has 0 spiro atoms. The number of carbonyl (C=O) groups excluding carboxylic acids is 1. The van der Waals surface area contributed by atoms with Gasteiger partial charge in [0.2, 0.25) is 5.91 Å². The van der Waals surface area contributed by atoms with Gasteiger partial charge in [0.25, 0.3) is 0 Å². The summed E-state index contributed by atoms with van der Waals surface area (Å²) in [5.74, 6) is 3.48. The smallest absolute Gasteiger partial charge is 0.224 e. The number of fused-ring (bicyclic) bond motifs is 1. The minimum Gasteiger partial charge on any atom is -0.381 e. The minimum atomic E-state index is 0.323. The van der Waals surface area contributed by atoms with Gasteiger partial charge in [-0.3, -0.25) is 4.79 Å². The first-order valence-corrected chi connectivity index (χ1v) is 14.5. The maximum absolute atomic E-state index is 13.4. The van der Waals surface area contributed by atoms with Crippen LogP contribution in [0, 0.1) is 11.8 Å². The molecule has 5 rings (SSSR count). The zero-order chi connectivity index (χ0) is 24.2. The van der Waals surface area contributed by atoms with Crippen molar-refractivity contribution >= 4 is 16.9 Å². The molecule has 0 N–H and O–H groups in total. The number of nitrogens with zero attached hydrogens (tertiary/aromatic N) is 3. The second-order valence-electron chi connectivity index (χ2n) is 11.5. The molecule has 2 aromatic rings. The van der Waals surface area contributed by atoms with Crippen LogP contribution in [0.4, 0.5) is 0 Å². The van der Waals surface area contributed by atoms with Crippen LogP contribution in [-0.4, -0.2) is 46.2 Å². The highest BCUT2D eigenvalue weighted by atomic mass is 16.5. The summed E-state index contributed by atoms with van der Waals surface area (Å²) >= 11 is 0. The normalized spacial score (nSPS) is 25.8. The summed E-state index contributed by atoms with van der Waals surface area (Å²) in [5, 5.41) is 0. The van der Waals surface area contributed by atoms with Crippen LogP contribution in [0.25, 0.3) is 11.0 Å². The molecule has 5 heteroatoms.